The van der Waals surface area contributed by atoms with E-state index in [2.05, 4.69) is 15.0 Å². The van der Waals surface area contributed by atoms with Gasteiger partial charge in [-0.05, 0) is 31.2 Å². The lowest BCUT2D eigenvalue weighted by Gasteiger charge is -2.13. The number of hydrogen-bond acceptors (Lipinski definition) is 7. The molecule has 2 aromatic rings. The van der Waals surface area contributed by atoms with Crippen molar-refractivity contribution in [1.82, 2.24) is 4.98 Å². The third-order valence-electron chi connectivity index (χ3n) is 3.47. The summed E-state index contributed by atoms with van der Waals surface area (Å²) in [6, 6.07) is 7.18. The van der Waals surface area contributed by atoms with Gasteiger partial charge in [0.1, 0.15) is 23.9 Å². The van der Waals surface area contributed by atoms with Gasteiger partial charge in [-0.2, -0.15) is 0 Å². The minimum absolute atomic E-state index is 0.105. The fraction of sp³-hybridized carbons (Fsp3) is 0.278. The molecule has 0 saturated heterocycles. The van der Waals surface area contributed by atoms with E-state index in [1.165, 1.54) is 43.6 Å². The second kappa shape index (κ2) is 8.82. The van der Waals surface area contributed by atoms with Crippen molar-refractivity contribution in [1.29, 1.82) is 0 Å². The number of aromatic hydroxyl groups is 1. The quantitative estimate of drug-likeness (QED) is 0.729. The van der Waals surface area contributed by atoms with Gasteiger partial charge in [0, 0.05) is 24.9 Å². The Kier molecular flexibility index (Phi) is 6.51. The van der Waals surface area contributed by atoms with Gasteiger partial charge in [0.15, 0.2) is 0 Å². The Morgan fingerprint density at radius 2 is 1.96 bits per heavy atom. The number of hydrogen-bond donors (Lipinski definition) is 2. The third kappa shape index (κ3) is 5.18. The van der Waals surface area contributed by atoms with Crippen LogP contribution in [0.5, 0.6) is 11.5 Å². The zero-order chi connectivity index (χ0) is 19.1. The topological polar surface area (TPSA) is 107 Å². The molecule has 1 amide bonds. The van der Waals surface area contributed by atoms with E-state index >= 15 is 0 Å². The SMILES string of the molecule is COC(=O)c1ccc(NC(=O)c2cc(O)cc(OC[C@H](C)OC)c2)nc1. The predicted molar refractivity (Wildman–Crippen MR) is 93.6 cm³/mol. The van der Waals surface area contributed by atoms with Crippen LogP contribution in [0.25, 0.3) is 0 Å². The summed E-state index contributed by atoms with van der Waals surface area (Å²) >= 11 is 0. The summed E-state index contributed by atoms with van der Waals surface area (Å²) in [7, 11) is 2.83. The van der Waals surface area contributed by atoms with Gasteiger partial charge in [-0.25, -0.2) is 9.78 Å². The molecule has 0 bridgehead atoms. The fourth-order valence-electron chi connectivity index (χ4n) is 1.97. The summed E-state index contributed by atoms with van der Waals surface area (Å²) in [5, 5.41) is 12.4. The Bertz CT molecular complexity index is 776. The maximum Gasteiger partial charge on any atom is 0.339 e. The average molecular weight is 360 g/mol. The number of nitrogens with one attached hydrogen (secondary N) is 1. The van der Waals surface area contributed by atoms with Crippen LogP contribution in [0.15, 0.2) is 36.5 Å². The zero-order valence-corrected chi connectivity index (χ0v) is 14.7. The Balaban J connectivity index is 2.09. The summed E-state index contributed by atoms with van der Waals surface area (Å²) in [6.07, 6.45) is 1.16. The largest absolute Gasteiger partial charge is 0.508 e. The van der Waals surface area contributed by atoms with Gasteiger partial charge in [0.05, 0.1) is 18.8 Å². The van der Waals surface area contributed by atoms with E-state index in [-0.39, 0.29) is 35.4 Å². The molecule has 0 aliphatic carbocycles. The Morgan fingerprint density at radius 3 is 2.58 bits per heavy atom. The van der Waals surface area contributed by atoms with Crippen LogP contribution >= 0.6 is 0 Å². The molecule has 0 radical (unpaired) electrons. The summed E-state index contributed by atoms with van der Waals surface area (Å²) in [4.78, 5) is 27.7. The van der Waals surface area contributed by atoms with Crippen molar-refractivity contribution in [2.24, 2.45) is 0 Å². The van der Waals surface area contributed by atoms with Crippen molar-refractivity contribution >= 4 is 17.7 Å². The van der Waals surface area contributed by atoms with Crippen molar-refractivity contribution in [3.8, 4) is 11.5 Å². The lowest BCUT2D eigenvalue weighted by Crippen LogP contribution is -2.17. The molecule has 1 atom stereocenters. The molecule has 2 N–H and O–H groups in total. The number of esters is 1. The number of phenolic OH excluding ortho intramolecular Hbond substituents is 1. The first-order valence-corrected chi connectivity index (χ1v) is 7.78. The van der Waals surface area contributed by atoms with Crippen LogP contribution < -0.4 is 10.1 Å². The number of amides is 1. The maximum atomic E-state index is 12.4. The van der Waals surface area contributed by atoms with Crippen molar-refractivity contribution in [2.75, 3.05) is 26.1 Å². The number of anilines is 1. The van der Waals surface area contributed by atoms with Crippen LogP contribution in [-0.2, 0) is 9.47 Å². The lowest BCUT2D eigenvalue weighted by atomic mass is 10.2. The molecule has 0 spiro atoms. The van der Waals surface area contributed by atoms with Crippen molar-refractivity contribution in [2.45, 2.75) is 13.0 Å². The number of nitrogens with zero attached hydrogens (tertiary/aromatic N) is 1. The normalized spacial score (nSPS) is 11.5. The molecule has 8 heteroatoms. The fourth-order valence-corrected chi connectivity index (χ4v) is 1.97. The second-order valence-corrected chi connectivity index (χ2v) is 5.45. The molecule has 2 rings (SSSR count). The summed E-state index contributed by atoms with van der Waals surface area (Å²) in [6.45, 7) is 2.11. The van der Waals surface area contributed by atoms with Crippen LogP contribution in [0.3, 0.4) is 0 Å². The van der Waals surface area contributed by atoms with Gasteiger partial charge in [-0.1, -0.05) is 0 Å². The van der Waals surface area contributed by atoms with Crippen LogP contribution in [0.4, 0.5) is 5.82 Å². The van der Waals surface area contributed by atoms with Gasteiger partial charge in [0.2, 0.25) is 0 Å². The summed E-state index contributed by atoms with van der Waals surface area (Å²) in [5.74, 6) is -0.513. The minimum atomic E-state index is -0.518. The van der Waals surface area contributed by atoms with Crippen molar-refractivity contribution in [3.63, 3.8) is 0 Å². The number of benzene rings is 1. The molecule has 1 heterocycles. The number of rotatable bonds is 7. The number of aromatic nitrogens is 1. The highest BCUT2D eigenvalue weighted by Gasteiger charge is 2.12. The molecule has 0 aliphatic heterocycles. The van der Waals surface area contributed by atoms with E-state index in [4.69, 9.17) is 9.47 Å². The van der Waals surface area contributed by atoms with E-state index in [1.54, 1.807) is 7.11 Å². The molecular formula is C18H20N2O6. The Labute approximate surface area is 150 Å². The monoisotopic (exact) mass is 360 g/mol. The molecule has 0 unspecified atom stereocenters. The minimum Gasteiger partial charge on any atom is -0.508 e. The van der Waals surface area contributed by atoms with Gasteiger partial charge < -0.3 is 24.6 Å². The molecule has 0 aliphatic rings. The van der Waals surface area contributed by atoms with Crippen molar-refractivity contribution in [3.05, 3.63) is 47.7 Å². The van der Waals surface area contributed by atoms with E-state index in [0.717, 1.165) is 0 Å². The highest BCUT2D eigenvalue weighted by Crippen LogP contribution is 2.23. The summed E-state index contributed by atoms with van der Waals surface area (Å²) in [5.41, 5.74) is 0.467. The number of phenols is 1. The van der Waals surface area contributed by atoms with Crippen molar-refractivity contribution < 1.29 is 28.9 Å². The maximum absolute atomic E-state index is 12.4. The first kappa shape index (κ1) is 19.2. The standard InChI is InChI=1S/C18H20N2O6/c1-11(24-2)10-26-15-7-13(6-14(21)8-15)17(22)20-16-5-4-12(9-19-16)18(23)25-3/h4-9,11,21H,10H2,1-3H3,(H,19,20,22)/t11-/m0/s1. The second-order valence-electron chi connectivity index (χ2n) is 5.45. The molecule has 0 fully saturated rings. The lowest BCUT2D eigenvalue weighted by molar-refractivity contribution is 0.0600. The van der Waals surface area contributed by atoms with Gasteiger partial charge in [0.25, 0.3) is 5.91 Å². The van der Waals surface area contributed by atoms with E-state index < -0.39 is 11.9 Å². The van der Waals surface area contributed by atoms with Gasteiger partial charge in [-0.3, -0.25) is 4.79 Å². The molecule has 26 heavy (non-hydrogen) atoms. The molecule has 1 aromatic carbocycles. The number of methoxy groups -OCH3 is 2. The third-order valence-corrected chi connectivity index (χ3v) is 3.47. The van der Waals surface area contributed by atoms with Crippen LogP contribution in [0.2, 0.25) is 0 Å². The first-order chi connectivity index (χ1) is 12.4. The van der Waals surface area contributed by atoms with Gasteiger partial charge in [-0.15, -0.1) is 0 Å². The number of pyridine rings is 1. The summed E-state index contributed by atoms with van der Waals surface area (Å²) < 4.78 is 15.2. The van der Waals surface area contributed by atoms with Crippen LogP contribution in [0, 0.1) is 0 Å². The number of ether oxygens (including phenoxy) is 3. The Morgan fingerprint density at radius 1 is 1.19 bits per heavy atom. The first-order valence-electron chi connectivity index (χ1n) is 7.78. The predicted octanol–water partition coefficient (Wildman–Crippen LogP) is 2.24. The highest BCUT2D eigenvalue weighted by atomic mass is 16.5. The Hall–Kier alpha value is -3.13. The smallest absolute Gasteiger partial charge is 0.339 e. The molecule has 8 nitrogen and oxygen atoms in total. The molecule has 138 valence electrons. The highest BCUT2D eigenvalue weighted by molar-refractivity contribution is 6.04. The zero-order valence-electron chi connectivity index (χ0n) is 14.7. The van der Waals surface area contributed by atoms with E-state index in [1.807, 2.05) is 6.92 Å². The average Bonchev–Trinajstić information content (AvgIpc) is 2.65. The van der Waals surface area contributed by atoms with Crippen LogP contribution in [-0.4, -0.2) is 48.9 Å². The number of carbonyl (C=O) groups is 2. The molecule has 1 aromatic heterocycles. The number of carbonyl (C=O) groups excluding carboxylic acids is 2. The van der Waals surface area contributed by atoms with Gasteiger partial charge >= 0.3 is 5.97 Å². The molecular weight excluding hydrogens is 340 g/mol. The molecule has 0 saturated carbocycles. The van der Waals surface area contributed by atoms with E-state index in [0.29, 0.717) is 5.75 Å². The van der Waals surface area contributed by atoms with Crippen LogP contribution in [0.1, 0.15) is 27.6 Å². The van der Waals surface area contributed by atoms with E-state index in [9.17, 15) is 14.7 Å².